The summed E-state index contributed by atoms with van der Waals surface area (Å²) in [6.07, 6.45) is 3.99. The van der Waals surface area contributed by atoms with E-state index in [0.29, 0.717) is 12.0 Å². The summed E-state index contributed by atoms with van der Waals surface area (Å²) >= 11 is 0. The zero-order chi connectivity index (χ0) is 18.8. The SMILES string of the molecule is CC(C)(C)[C@@]1(O)CCN2CC3c4ccccc4CCc4cccc(c43)C2C1. The Hall–Kier alpha value is -1.64. The summed E-state index contributed by atoms with van der Waals surface area (Å²) in [5.74, 6) is 0.479. The minimum Gasteiger partial charge on any atom is -0.389 e. The van der Waals surface area contributed by atoms with Crippen LogP contribution in [0.5, 0.6) is 0 Å². The van der Waals surface area contributed by atoms with Gasteiger partial charge < -0.3 is 5.11 Å². The molecule has 1 aliphatic carbocycles. The van der Waals surface area contributed by atoms with Gasteiger partial charge in [-0.1, -0.05) is 63.2 Å². The number of hydrogen-bond donors (Lipinski definition) is 1. The molecule has 5 rings (SSSR count). The highest BCUT2D eigenvalue weighted by Gasteiger charge is 2.49. The topological polar surface area (TPSA) is 23.5 Å². The Morgan fingerprint density at radius 3 is 2.48 bits per heavy atom. The van der Waals surface area contributed by atoms with Gasteiger partial charge in [0, 0.05) is 25.0 Å². The van der Waals surface area contributed by atoms with Crippen LogP contribution in [0.2, 0.25) is 0 Å². The molecule has 2 aromatic carbocycles. The molecule has 1 N–H and O–H groups in total. The van der Waals surface area contributed by atoms with Gasteiger partial charge >= 0.3 is 0 Å². The number of piperidine rings is 1. The molecule has 142 valence electrons. The molecule has 2 aliphatic heterocycles. The predicted octanol–water partition coefficient (Wildman–Crippen LogP) is 4.84. The van der Waals surface area contributed by atoms with Crippen LogP contribution in [0, 0.1) is 5.41 Å². The first-order valence-electron chi connectivity index (χ1n) is 10.5. The molecular weight excluding hydrogens is 330 g/mol. The maximum absolute atomic E-state index is 11.5. The lowest BCUT2D eigenvalue weighted by Crippen LogP contribution is -2.55. The Balaban J connectivity index is 1.64. The average molecular weight is 362 g/mol. The van der Waals surface area contributed by atoms with Gasteiger partial charge in [0.2, 0.25) is 0 Å². The van der Waals surface area contributed by atoms with E-state index in [1.807, 2.05) is 0 Å². The molecule has 0 spiro atoms. The summed E-state index contributed by atoms with van der Waals surface area (Å²) in [5.41, 5.74) is 6.94. The standard InChI is InChI=1S/C25H31NO/c1-24(2,3)25(27)13-14-26-16-21-19-9-5-4-7-17(19)11-12-18-8-6-10-20(23(18)21)22(26)15-25/h4-10,21-22,27H,11-16H2,1-3H3/t21?,22?,25-/m1/s1. The monoisotopic (exact) mass is 361 g/mol. The van der Waals surface area contributed by atoms with Crippen molar-refractivity contribution in [2.45, 2.75) is 64.0 Å². The van der Waals surface area contributed by atoms with Crippen LogP contribution in [-0.4, -0.2) is 28.7 Å². The molecule has 0 aromatic heterocycles. The third-order valence-electron chi connectivity index (χ3n) is 7.63. The lowest BCUT2D eigenvalue weighted by Gasteiger charge is -2.53. The van der Waals surface area contributed by atoms with Crippen LogP contribution < -0.4 is 0 Å². The molecule has 2 unspecified atom stereocenters. The Bertz CT molecular complexity index is 880. The lowest BCUT2D eigenvalue weighted by atomic mass is 9.66. The molecule has 2 heteroatoms. The predicted molar refractivity (Wildman–Crippen MR) is 110 cm³/mol. The fraction of sp³-hybridized carbons (Fsp3) is 0.520. The number of aliphatic hydroxyl groups is 1. The van der Waals surface area contributed by atoms with E-state index in [-0.39, 0.29) is 5.41 Å². The fourth-order valence-electron chi connectivity index (χ4n) is 5.76. The Morgan fingerprint density at radius 1 is 0.963 bits per heavy atom. The molecular formula is C25H31NO. The number of nitrogens with zero attached hydrogens (tertiary/aromatic N) is 1. The first kappa shape index (κ1) is 17.5. The van der Waals surface area contributed by atoms with Gasteiger partial charge in [-0.05, 0) is 58.9 Å². The number of aryl methyl sites for hydroxylation is 2. The third-order valence-corrected chi connectivity index (χ3v) is 7.63. The maximum Gasteiger partial charge on any atom is 0.0726 e. The summed E-state index contributed by atoms with van der Waals surface area (Å²) < 4.78 is 0. The molecule has 0 radical (unpaired) electrons. The van der Waals surface area contributed by atoms with Crippen LogP contribution >= 0.6 is 0 Å². The second-order valence-electron chi connectivity index (χ2n) is 9.92. The highest BCUT2D eigenvalue weighted by molar-refractivity contribution is 5.51. The lowest BCUT2D eigenvalue weighted by molar-refractivity contribution is -0.119. The van der Waals surface area contributed by atoms with E-state index in [2.05, 4.69) is 68.1 Å². The summed E-state index contributed by atoms with van der Waals surface area (Å²) in [6.45, 7) is 8.65. The fourth-order valence-corrected chi connectivity index (χ4v) is 5.76. The van der Waals surface area contributed by atoms with Gasteiger partial charge in [0.15, 0.2) is 0 Å². The third kappa shape index (κ3) is 2.61. The number of benzene rings is 2. The van der Waals surface area contributed by atoms with Crippen molar-refractivity contribution < 1.29 is 5.11 Å². The Kier molecular flexibility index (Phi) is 3.83. The van der Waals surface area contributed by atoms with Crippen molar-refractivity contribution in [3.63, 3.8) is 0 Å². The van der Waals surface area contributed by atoms with Gasteiger partial charge in [0.05, 0.1) is 5.60 Å². The molecule has 27 heavy (non-hydrogen) atoms. The van der Waals surface area contributed by atoms with Crippen molar-refractivity contribution in [3.05, 3.63) is 70.3 Å². The summed E-state index contributed by atoms with van der Waals surface area (Å²) in [6, 6.07) is 16.3. The van der Waals surface area contributed by atoms with Gasteiger partial charge in [-0.25, -0.2) is 0 Å². The van der Waals surface area contributed by atoms with Crippen molar-refractivity contribution in [2.75, 3.05) is 13.1 Å². The highest BCUT2D eigenvalue weighted by Crippen LogP contribution is 2.51. The van der Waals surface area contributed by atoms with Crippen molar-refractivity contribution in [3.8, 4) is 0 Å². The minimum absolute atomic E-state index is 0.0890. The van der Waals surface area contributed by atoms with Crippen LogP contribution in [-0.2, 0) is 12.8 Å². The molecule has 0 saturated carbocycles. The van der Waals surface area contributed by atoms with E-state index in [1.54, 1.807) is 5.56 Å². The van der Waals surface area contributed by atoms with E-state index in [1.165, 1.54) is 22.3 Å². The highest BCUT2D eigenvalue weighted by atomic mass is 16.3. The molecule has 2 aromatic rings. The van der Waals surface area contributed by atoms with Gasteiger partial charge in [-0.2, -0.15) is 0 Å². The second-order valence-corrected chi connectivity index (χ2v) is 9.92. The Morgan fingerprint density at radius 2 is 1.67 bits per heavy atom. The second kappa shape index (κ2) is 5.93. The first-order chi connectivity index (χ1) is 12.9. The van der Waals surface area contributed by atoms with E-state index in [0.717, 1.165) is 38.8 Å². The first-order valence-corrected chi connectivity index (χ1v) is 10.5. The number of rotatable bonds is 0. The Labute approximate surface area is 163 Å². The molecule has 3 aliphatic rings. The van der Waals surface area contributed by atoms with Gasteiger partial charge in [0.25, 0.3) is 0 Å². The smallest absolute Gasteiger partial charge is 0.0726 e. The quantitative estimate of drug-likeness (QED) is 0.725. The zero-order valence-electron chi connectivity index (χ0n) is 16.8. The molecule has 2 heterocycles. The van der Waals surface area contributed by atoms with Gasteiger partial charge in [-0.15, -0.1) is 0 Å². The number of hydrogen-bond acceptors (Lipinski definition) is 2. The maximum atomic E-state index is 11.5. The van der Waals surface area contributed by atoms with Crippen molar-refractivity contribution in [1.29, 1.82) is 0 Å². The normalized spacial score (nSPS) is 30.1. The molecule has 2 nitrogen and oxygen atoms in total. The van der Waals surface area contributed by atoms with E-state index in [4.69, 9.17) is 0 Å². The molecule has 0 amide bonds. The summed E-state index contributed by atoms with van der Waals surface area (Å²) in [4.78, 5) is 2.65. The molecule has 0 bridgehead atoms. The molecule has 3 atom stereocenters. The molecule has 1 fully saturated rings. The van der Waals surface area contributed by atoms with Gasteiger partial charge in [-0.3, -0.25) is 4.90 Å². The average Bonchev–Trinajstić information content (AvgIpc) is 2.80. The molecule has 1 saturated heterocycles. The van der Waals surface area contributed by atoms with Crippen LogP contribution in [0.15, 0.2) is 42.5 Å². The summed E-state index contributed by atoms with van der Waals surface area (Å²) in [7, 11) is 0. The zero-order valence-corrected chi connectivity index (χ0v) is 16.8. The largest absolute Gasteiger partial charge is 0.389 e. The van der Waals surface area contributed by atoms with Crippen LogP contribution in [0.25, 0.3) is 0 Å². The van der Waals surface area contributed by atoms with E-state index in [9.17, 15) is 5.11 Å². The van der Waals surface area contributed by atoms with E-state index < -0.39 is 5.60 Å². The summed E-state index contributed by atoms with van der Waals surface area (Å²) in [5, 5.41) is 11.5. The van der Waals surface area contributed by atoms with Crippen molar-refractivity contribution >= 4 is 0 Å². The van der Waals surface area contributed by atoms with Crippen LogP contribution in [0.3, 0.4) is 0 Å². The van der Waals surface area contributed by atoms with Crippen molar-refractivity contribution in [2.24, 2.45) is 5.41 Å². The van der Waals surface area contributed by atoms with Crippen LogP contribution in [0.4, 0.5) is 0 Å². The van der Waals surface area contributed by atoms with Gasteiger partial charge in [0.1, 0.15) is 0 Å². The number of fused-ring (bicyclic) bond motifs is 4. The van der Waals surface area contributed by atoms with E-state index >= 15 is 0 Å². The van der Waals surface area contributed by atoms with Crippen molar-refractivity contribution in [1.82, 2.24) is 4.90 Å². The minimum atomic E-state index is -0.591. The van der Waals surface area contributed by atoms with Crippen LogP contribution in [0.1, 0.15) is 73.4 Å².